The molecule has 1 fully saturated rings. The van der Waals surface area contributed by atoms with Gasteiger partial charge in [-0.05, 0) is 26.7 Å². The number of amides is 1. The van der Waals surface area contributed by atoms with Crippen molar-refractivity contribution in [1.29, 1.82) is 0 Å². The number of carbonyl (C=O) groups is 1. The highest BCUT2D eigenvalue weighted by Gasteiger charge is 2.35. The van der Waals surface area contributed by atoms with Gasteiger partial charge in [0.05, 0.1) is 37.4 Å². The lowest BCUT2D eigenvalue weighted by atomic mass is 9.93. The van der Waals surface area contributed by atoms with Crippen LogP contribution in [0.2, 0.25) is 0 Å². The molecule has 0 spiro atoms. The van der Waals surface area contributed by atoms with Gasteiger partial charge in [0.25, 0.3) is 5.91 Å². The number of hydrogen-bond donors (Lipinski definition) is 1. The van der Waals surface area contributed by atoms with Crippen molar-refractivity contribution in [3.05, 3.63) is 35.2 Å². The Morgan fingerprint density at radius 3 is 2.82 bits per heavy atom. The fourth-order valence-electron chi connectivity index (χ4n) is 4.41. The molecule has 1 saturated heterocycles. The number of aromatic amines is 1. The summed E-state index contributed by atoms with van der Waals surface area (Å²) < 4.78 is 13.0. The van der Waals surface area contributed by atoms with Gasteiger partial charge in [0.1, 0.15) is 5.69 Å². The summed E-state index contributed by atoms with van der Waals surface area (Å²) in [7, 11) is 1.67. The second kappa shape index (κ2) is 8.05. The fraction of sp³-hybridized carbons (Fsp3) is 0.650. The monoisotopic (exact) mass is 387 g/mol. The molecule has 0 radical (unpaired) electrons. The molecule has 2 atom stereocenters. The number of methoxy groups -OCH3 is 1. The van der Waals surface area contributed by atoms with Crippen molar-refractivity contribution < 1.29 is 14.3 Å². The average molecular weight is 387 g/mol. The molecule has 4 rings (SSSR count). The maximum absolute atomic E-state index is 13.5. The van der Waals surface area contributed by atoms with Gasteiger partial charge in [-0.2, -0.15) is 5.10 Å². The first-order valence-corrected chi connectivity index (χ1v) is 10.1. The first-order chi connectivity index (χ1) is 13.6. The van der Waals surface area contributed by atoms with Gasteiger partial charge >= 0.3 is 0 Å². The van der Waals surface area contributed by atoms with Gasteiger partial charge in [-0.1, -0.05) is 0 Å². The summed E-state index contributed by atoms with van der Waals surface area (Å²) in [6, 6.07) is 0. The van der Waals surface area contributed by atoms with Gasteiger partial charge in [0, 0.05) is 50.0 Å². The van der Waals surface area contributed by atoms with E-state index in [9.17, 15) is 4.79 Å². The number of nitrogens with zero attached hydrogens (tertiary/aromatic N) is 4. The number of aromatic nitrogens is 4. The smallest absolute Gasteiger partial charge is 0.272 e. The third kappa shape index (κ3) is 3.58. The number of carbonyl (C=O) groups excluding carboxylic acids is 1. The van der Waals surface area contributed by atoms with Crippen molar-refractivity contribution in [1.82, 2.24) is 24.6 Å². The Bertz CT molecular complexity index is 808. The van der Waals surface area contributed by atoms with Crippen molar-refractivity contribution in [2.24, 2.45) is 0 Å². The molecule has 0 unspecified atom stereocenters. The van der Waals surface area contributed by atoms with Crippen molar-refractivity contribution >= 4 is 5.91 Å². The van der Waals surface area contributed by atoms with E-state index in [1.807, 2.05) is 22.7 Å². The molecule has 1 N–H and O–H groups in total. The Labute approximate surface area is 165 Å². The van der Waals surface area contributed by atoms with E-state index in [1.54, 1.807) is 13.4 Å². The number of H-pyrrole nitrogens is 1. The van der Waals surface area contributed by atoms with E-state index in [0.29, 0.717) is 24.8 Å². The van der Waals surface area contributed by atoms with Crippen molar-refractivity contribution in [2.45, 2.75) is 57.8 Å². The van der Waals surface area contributed by atoms with Crippen molar-refractivity contribution in [3.63, 3.8) is 0 Å². The predicted molar refractivity (Wildman–Crippen MR) is 103 cm³/mol. The quantitative estimate of drug-likeness (QED) is 0.851. The van der Waals surface area contributed by atoms with Crippen LogP contribution in [-0.4, -0.2) is 63.5 Å². The Hall–Kier alpha value is -2.19. The van der Waals surface area contributed by atoms with Gasteiger partial charge in [0.15, 0.2) is 0 Å². The standard InChI is InChI=1S/C20H29N5O3/c1-13-10-16-18(14(2)28-13)23-25(8-9-27-3)19(16)20(26)24-6-4-15(5-7-24)17-11-21-12-22-17/h11-15H,4-10H2,1-3H3,(H,21,22)/t13-,14+/m0/s1. The second-order valence-corrected chi connectivity index (χ2v) is 7.79. The third-order valence-electron chi connectivity index (χ3n) is 5.85. The number of fused-ring (bicyclic) bond motifs is 1. The molecule has 0 aromatic carbocycles. The van der Waals surface area contributed by atoms with Crippen molar-refractivity contribution in [3.8, 4) is 0 Å². The lowest BCUT2D eigenvalue weighted by molar-refractivity contribution is -0.00721. The molecule has 1 amide bonds. The average Bonchev–Trinajstić information content (AvgIpc) is 3.34. The van der Waals surface area contributed by atoms with E-state index in [2.05, 4.69) is 16.9 Å². The maximum Gasteiger partial charge on any atom is 0.272 e. The van der Waals surface area contributed by atoms with E-state index in [-0.39, 0.29) is 18.1 Å². The number of likely N-dealkylation sites (tertiary alicyclic amines) is 1. The number of hydrogen-bond acceptors (Lipinski definition) is 5. The molecule has 0 saturated carbocycles. The largest absolute Gasteiger partial charge is 0.383 e. The molecule has 28 heavy (non-hydrogen) atoms. The lowest BCUT2D eigenvalue weighted by Gasteiger charge is -2.32. The van der Waals surface area contributed by atoms with E-state index in [4.69, 9.17) is 14.6 Å². The van der Waals surface area contributed by atoms with Crippen LogP contribution in [-0.2, 0) is 22.4 Å². The molecular formula is C20H29N5O3. The third-order valence-corrected chi connectivity index (χ3v) is 5.85. The maximum atomic E-state index is 13.5. The van der Waals surface area contributed by atoms with Crippen LogP contribution in [0.25, 0.3) is 0 Å². The Morgan fingerprint density at radius 2 is 2.14 bits per heavy atom. The zero-order valence-electron chi connectivity index (χ0n) is 16.9. The molecule has 2 aromatic heterocycles. The van der Waals surface area contributed by atoms with E-state index < -0.39 is 0 Å². The number of imidazole rings is 1. The first kappa shape index (κ1) is 19.1. The Balaban J connectivity index is 1.56. The van der Waals surface area contributed by atoms with Crippen LogP contribution >= 0.6 is 0 Å². The first-order valence-electron chi connectivity index (χ1n) is 10.1. The molecule has 4 heterocycles. The minimum absolute atomic E-state index is 0.0780. The number of rotatable bonds is 5. The normalized spacial score (nSPS) is 23.0. The predicted octanol–water partition coefficient (Wildman–Crippen LogP) is 2.29. The summed E-state index contributed by atoms with van der Waals surface area (Å²) in [5.41, 5.74) is 3.82. The van der Waals surface area contributed by atoms with E-state index in [1.165, 1.54) is 0 Å². The molecule has 152 valence electrons. The van der Waals surface area contributed by atoms with E-state index in [0.717, 1.165) is 49.3 Å². The van der Waals surface area contributed by atoms with Gasteiger partial charge in [0.2, 0.25) is 0 Å². The number of nitrogens with one attached hydrogen (secondary N) is 1. The van der Waals surface area contributed by atoms with Crippen LogP contribution in [0, 0.1) is 0 Å². The minimum Gasteiger partial charge on any atom is -0.383 e. The lowest BCUT2D eigenvalue weighted by Crippen LogP contribution is -2.39. The Morgan fingerprint density at radius 1 is 1.36 bits per heavy atom. The van der Waals surface area contributed by atoms with Crippen LogP contribution in [0.15, 0.2) is 12.5 Å². The summed E-state index contributed by atoms with van der Waals surface area (Å²) >= 11 is 0. The number of piperidine rings is 1. The summed E-state index contributed by atoms with van der Waals surface area (Å²) in [6.07, 6.45) is 6.20. The van der Waals surface area contributed by atoms with Gasteiger partial charge in [-0.15, -0.1) is 0 Å². The summed E-state index contributed by atoms with van der Waals surface area (Å²) in [4.78, 5) is 22.8. The SMILES string of the molecule is COCCn1nc2c(c1C(=O)N1CCC(c3cnc[nH]3)CC1)C[C@H](C)O[C@@H]2C. The second-order valence-electron chi connectivity index (χ2n) is 7.79. The summed E-state index contributed by atoms with van der Waals surface area (Å²) in [5, 5.41) is 4.73. The topological polar surface area (TPSA) is 85.3 Å². The molecule has 0 aliphatic carbocycles. The van der Waals surface area contributed by atoms with Crippen LogP contribution in [0.5, 0.6) is 0 Å². The molecule has 8 nitrogen and oxygen atoms in total. The summed E-state index contributed by atoms with van der Waals surface area (Å²) in [6.45, 7) is 6.63. The Kier molecular flexibility index (Phi) is 5.50. The molecule has 2 aromatic rings. The molecule has 8 heteroatoms. The van der Waals surface area contributed by atoms with Gasteiger partial charge in [-0.25, -0.2) is 4.98 Å². The summed E-state index contributed by atoms with van der Waals surface area (Å²) in [5.74, 6) is 0.515. The molecule has 2 aliphatic rings. The molecule has 0 bridgehead atoms. The highest BCUT2D eigenvalue weighted by atomic mass is 16.5. The van der Waals surface area contributed by atoms with Crippen molar-refractivity contribution in [2.75, 3.05) is 26.8 Å². The highest BCUT2D eigenvalue weighted by Crippen LogP contribution is 2.33. The van der Waals surface area contributed by atoms with Crippen LogP contribution in [0.1, 0.15) is 66.2 Å². The fourth-order valence-corrected chi connectivity index (χ4v) is 4.41. The van der Waals surface area contributed by atoms with E-state index >= 15 is 0 Å². The van der Waals surface area contributed by atoms with Crippen LogP contribution in [0.3, 0.4) is 0 Å². The van der Waals surface area contributed by atoms with Crippen LogP contribution < -0.4 is 0 Å². The zero-order valence-corrected chi connectivity index (χ0v) is 16.9. The number of ether oxygens (including phenoxy) is 2. The minimum atomic E-state index is -0.0970. The molecular weight excluding hydrogens is 358 g/mol. The molecule has 2 aliphatic heterocycles. The van der Waals surface area contributed by atoms with Gasteiger partial charge in [-0.3, -0.25) is 9.48 Å². The zero-order chi connectivity index (χ0) is 19.7. The van der Waals surface area contributed by atoms with Crippen LogP contribution in [0.4, 0.5) is 0 Å². The highest BCUT2D eigenvalue weighted by molar-refractivity contribution is 5.94. The van der Waals surface area contributed by atoms with Gasteiger partial charge < -0.3 is 19.4 Å².